The van der Waals surface area contributed by atoms with E-state index >= 15 is 0 Å². The largest absolute Gasteiger partial charge is 0.344 e. The van der Waals surface area contributed by atoms with Gasteiger partial charge in [0.05, 0.1) is 0 Å². The lowest BCUT2D eigenvalue weighted by Crippen LogP contribution is -1.97. The molecule has 0 bridgehead atoms. The molecule has 0 radical (unpaired) electrons. The second-order valence-corrected chi connectivity index (χ2v) is 4.31. The first-order valence-corrected chi connectivity index (χ1v) is 5.60. The number of allylic oxidation sites excluding steroid dienone is 1. The quantitative estimate of drug-likeness (QED) is 0.526. The van der Waals surface area contributed by atoms with E-state index in [1.807, 2.05) is 0 Å². The summed E-state index contributed by atoms with van der Waals surface area (Å²) in [7, 11) is 0. The molecule has 1 aliphatic carbocycles. The summed E-state index contributed by atoms with van der Waals surface area (Å²) < 4.78 is 2.29. The van der Waals surface area contributed by atoms with E-state index in [4.69, 9.17) is 0 Å². The van der Waals surface area contributed by atoms with Crippen LogP contribution in [0, 0.1) is 0 Å². The van der Waals surface area contributed by atoms with Crippen molar-refractivity contribution in [3.8, 4) is 11.1 Å². The first-order valence-electron chi connectivity index (χ1n) is 5.60. The number of fused-ring (bicyclic) bond motifs is 5. The molecule has 0 N–H and O–H groups in total. The Balaban J connectivity index is 2.22. The summed E-state index contributed by atoms with van der Waals surface area (Å²) in [5.41, 5.74) is 4.08. The Morgan fingerprint density at radius 2 is 1.94 bits per heavy atom. The van der Waals surface area contributed by atoms with E-state index in [2.05, 4.69) is 59.3 Å². The van der Waals surface area contributed by atoms with Crippen LogP contribution in [0.4, 0.5) is 0 Å². The minimum absolute atomic E-state index is 1.01. The van der Waals surface area contributed by atoms with E-state index in [-0.39, 0.29) is 0 Å². The number of nitrogens with zero attached hydrogens (tertiary/aromatic N) is 1. The third kappa shape index (κ3) is 0.904. The number of pyridine rings is 1. The number of hydrogen-bond acceptors (Lipinski definition) is 0. The molecule has 0 aromatic heterocycles. The van der Waals surface area contributed by atoms with Crippen molar-refractivity contribution in [2.75, 3.05) is 0 Å². The molecule has 0 amide bonds. The highest BCUT2D eigenvalue weighted by atomic mass is 15.0. The maximum Gasteiger partial charge on any atom is 0.0486 e. The smallest absolute Gasteiger partial charge is 0.0486 e. The fraction of sp³-hybridized carbons (Fsp3) is 0.0667. The summed E-state index contributed by atoms with van der Waals surface area (Å²) in [5, 5.41) is 2.70. The van der Waals surface area contributed by atoms with Gasteiger partial charge in [-0.05, 0) is 34.5 Å². The van der Waals surface area contributed by atoms with E-state index in [1.165, 1.54) is 27.6 Å². The highest BCUT2D eigenvalue weighted by molar-refractivity contribution is 6.04. The molecule has 76 valence electrons. The molecule has 1 aromatic rings. The molecule has 2 heterocycles. The Kier molecular flexibility index (Phi) is 1.41. The Morgan fingerprint density at radius 3 is 2.94 bits per heavy atom. The van der Waals surface area contributed by atoms with Crippen LogP contribution in [-0.4, -0.2) is 4.57 Å². The van der Waals surface area contributed by atoms with E-state index in [9.17, 15) is 0 Å². The molecule has 0 unspecified atom stereocenters. The summed E-state index contributed by atoms with van der Waals surface area (Å²) in [6.45, 7) is 1.01. The SMILES string of the molecule is C1=Cc2c3cc4ccccc4c-3ccn2C1. The van der Waals surface area contributed by atoms with Gasteiger partial charge in [0.15, 0.2) is 0 Å². The monoisotopic (exact) mass is 205 g/mol. The molecule has 2 aliphatic heterocycles. The molecular weight excluding hydrogens is 194 g/mol. The van der Waals surface area contributed by atoms with E-state index in [0.29, 0.717) is 0 Å². The highest BCUT2D eigenvalue weighted by Gasteiger charge is 2.15. The van der Waals surface area contributed by atoms with Gasteiger partial charge in [0, 0.05) is 24.0 Å². The van der Waals surface area contributed by atoms with Gasteiger partial charge in [-0.15, -0.1) is 0 Å². The third-order valence-corrected chi connectivity index (χ3v) is 3.43. The minimum atomic E-state index is 1.01. The molecule has 1 heteroatoms. The maximum atomic E-state index is 2.30. The van der Waals surface area contributed by atoms with Crippen LogP contribution in [0.3, 0.4) is 0 Å². The number of benzene rings is 1. The highest BCUT2D eigenvalue weighted by Crippen LogP contribution is 2.37. The van der Waals surface area contributed by atoms with Crippen LogP contribution in [0.5, 0.6) is 0 Å². The minimum Gasteiger partial charge on any atom is -0.344 e. The van der Waals surface area contributed by atoms with Crippen molar-refractivity contribution in [3.63, 3.8) is 0 Å². The van der Waals surface area contributed by atoms with E-state index in [0.717, 1.165) is 6.54 Å². The topological polar surface area (TPSA) is 4.93 Å². The van der Waals surface area contributed by atoms with Gasteiger partial charge in [0.1, 0.15) is 0 Å². The van der Waals surface area contributed by atoms with Crippen molar-refractivity contribution in [2.45, 2.75) is 6.54 Å². The van der Waals surface area contributed by atoms with Crippen molar-refractivity contribution in [1.82, 2.24) is 4.57 Å². The van der Waals surface area contributed by atoms with Gasteiger partial charge in [-0.3, -0.25) is 0 Å². The van der Waals surface area contributed by atoms with Gasteiger partial charge >= 0.3 is 0 Å². The van der Waals surface area contributed by atoms with Crippen LogP contribution in [0.2, 0.25) is 0 Å². The van der Waals surface area contributed by atoms with Gasteiger partial charge in [0.2, 0.25) is 0 Å². The molecule has 1 nitrogen and oxygen atoms in total. The fourth-order valence-corrected chi connectivity index (χ4v) is 2.66. The van der Waals surface area contributed by atoms with Gasteiger partial charge < -0.3 is 4.57 Å². The Morgan fingerprint density at radius 1 is 1.00 bits per heavy atom. The molecule has 1 aromatic carbocycles. The lowest BCUT2D eigenvalue weighted by atomic mass is 10.1. The standard InChI is InChI=1S/C15H11N/c1-2-5-12-11(4-1)10-14-13(12)7-9-16-8-3-6-15(14)16/h1-7,9-10H,8H2. The van der Waals surface area contributed by atoms with Gasteiger partial charge in [-0.2, -0.15) is 0 Å². The average molecular weight is 205 g/mol. The zero-order valence-corrected chi connectivity index (χ0v) is 8.85. The van der Waals surface area contributed by atoms with Crippen LogP contribution < -0.4 is 0 Å². The van der Waals surface area contributed by atoms with Crippen LogP contribution in [0.25, 0.3) is 28.0 Å². The molecule has 16 heavy (non-hydrogen) atoms. The van der Waals surface area contributed by atoms with Gasteiger partial charge in [0.25, 0.3) is 0 Å². The first kappa shape index (κ1) is 8.17. The first-order chi connectivity index (χ1) is 7.93. The van der Waals surface area contributed by atoms with Crippen LogP contribution in [0.1, 0.15) is 5.69 Å². The molecule has 0 atom stereocenters. The van der Waals surface area contributed by atoms with Crippen molar-refractivity contribution < 1.29 is 0 Å². The summed E-state index contributed by atoms with van der Waals surface area (Å²) in [6, 6.07) is 13.1. The predicted molar refractivity (Wildman–Crippen MR) is 67.6 cm³/mol. The zero-order valence-electron chi connectivity index (χ0n) is 8.85. The summed E-state index contributed by atoms with van der Waals surface area (Å²) >= 11 is 0. The lowest BCUT2D eigenvalue weighted by Gasteiger charge is -2.09. The molecule has 4 rings (SSSR count). The van der Waals surface area contributed by atoms with Crippen LogP contribution in [-0.2, 0) is 6.54 Å². The molecule has 0 spiro atoms. The number of hydrogen-bond donors (Lipinski definition) is 0. The Labute approximate surface area is 94.0 Å². The molecule has 0 saturated carbocycles. The van der Waals surface area contributed by atoms with Crippen molar-refractivity contribution in [2.24, 2.45) is 0 Å². The number of rotatable bonds is 0. The molecule has 3 aliphatic rings. The predicted octanol–water partition coefficient (Wildman–Crippen LogP) is 3.77. The summed E-state index contributed by atoms with van der Waals surface area (Å²) in [6.07, 6.45) is 6.62. The fourth-order valence-electron chi connectivity index (χ4n) is 2.66. The summed E-state index contributed by atoms with van der Waals surface area (Å²) in [5.74, 6) is 0. The zero-order chi connectivity index (χ0) is 10.5. The van der Waals surface area contributed by atoms with Crippen LogP contribution >= 0.6 is 0 Å². The average Bonchev–Trinajstić information content (AvgIpc) is 2.92. The number of aromatic nitrogens is 1. The van der Waals surface area contributed by atoms with E-state index in [1.54, 1.807) is 0 Å². The second kappa shape index (κ2) is 2.76. The van der Waals surface area contributed by atoms with Gasteiger partial charge in [-0.25, -0.2) is 0 Å². The van der Waals surface area contributed by atoms with Crippen molar-refractivity contribution >= 4 is 16.8 Å². The van der Waals surface area contributed by atoms with Crippen LogP contribution in [0.15, 0.2) is 48.7 Å². The second-order valence-electron chi connectivity index (χ2n) is 4.31. The van der Waals surface area contributed by atoms with Crippen molar-refractivity contribution in [1.29, 1.82) is 0 Å². The summed E-state index contributed by atoms with van der Waals surface area (Å²) in [4.78, 5) is 0. The Bertz CT molecular complexity index is 688. The molecule has 0 saturated heterocycles. The normalized spacial score (nSPS) is 13.8. The third-order valence-electron chi connectivity index (χ3n) is 3.43. The van der Waals surface area contributed by atoms with Gasteiger partial charge in [-0.1, -0.05) is 30.3 Å². The van der Waals surface area contributed by atoms with Crippen molar-refractivity contribution in [3.05, 3.63) is 54.4 Å². The van der Waals surface area contributed by atoms with E-state index < -0.39 is 0 Å². The molecule has 0 fully saturated rings. The Hall–Kier alpha value is -2.02. The maximum absolute atomic E-state index is 2.30. The lowest BCUT2D eigenvalue weighted by molar-refractivity contribution is 0.831. The molecular formula is C15H11N.